The molecule has 1 N–H and O–H groups in total. The molecule has 0 unspecified atom stereocenters. The van der Waals surface area contributed by atoms with E-state index in [0.717, 1.165) is 30.1 Å². The van der Waals surface area contributed by atoms with Gasteiger partial charge in [0, 0.05) is 42.0 Å². The van der Waals surface area contributed by atoms with Crippen LogP contribution in [0.1, 0.15) is 70.2 Å². The minimum absolute atomic E-state index is 0.479. The molecule has 27 heavy (non-hydrogen) atoms. The summed E-state index contributed by atoms with van der Waals surface area (Å²) in [5.74, 6) is 0.958. The summed E-state index contributed by atoms with van der Waals surface area (Å²) in [6, 6.07) is 12.6. The van der Waals surface area contributed by atoms with Gasteiger partial charge in [0.15, 0.2) is 0 Å². The largest absolute Gasteiger partial charge is 0.359 e. The zero-order valence-corrected chi connectivity index (χ0v) is 17.6. The van der Waals surface area contributed by atoms with Gasteiger partial charge in [-0.25, -0.2) is 0 Å². The second kappa shape index (κ2) is 10.1. The van der Waals surface area contributed by atoms with Crippen LogP contribution in [-0.2, 0) is 6.42 Å². The van der Waals surface area contributed by atoms with Crippen molar-refractivity contribution in [1.82, 2.24) is 4.98 Å². The molecule has 3 nitrogen and oxygen atoms in total. The Labute approximate surface area is 164 Å². The van der Waals surface area contributed by atoms with Crippen molar-refractivity contribution in [3.8, 4) is 0 Å². The van der Waals surface area contributed by atoms with Crippen molar-refractivity contribution >= 4 is 11.4 Å². The van der Waals surface area contributed by atoms with Crippen molar-refractivity contribution < 1.29 is 0 Å². The maximum Gasteiger partial charge on any atom is 0.0452 e. The maximum atomic E-state index is 4.68. The molecule has 0 aliphatic carbocycles. The fraction of sp³-hybridized carbons (Fsp3) is 0.417. The summed E-state index contributed by atoms with van der Waals surface area (Å²) in [6.07, 6.45) is 4.82. The van der Waals surface area contributed by atoms with Gasteiger partial charge in [0.2, 0.25) is 0 Å². The Morgan fingerprint density at radius 2 is 1.67 bits per heavy atom. The highest BCUT2D eigenvalue weighted by molar-refractivity contribution is 5.93. The predicted molar refractivity (Wildman–Crippen MR) is 118 cm³/mol. The van der Waals surface area contributed by atoms with E-state index >= 15 is 0 Å². The third-order valence-corrected chi connectivity index (χ3v) is 4.58. The molecule has 0 atom stereocenters. The van der Waals surface area contributed by atoms with E-state index in [1.807, 2.05) is 24.4 Å². The molecule has 2 rings (SSSR count). The summed E-state index contributed by atoms with van der Waals surface area (Å²) in [5.41, 5.74) is 7.20. The molecule has 0 bridgehead atoms. The van der Waals surface area contributed by atoms with E-state index in [2.05, 4.69) is 81.1 Å². The van der Waals surface area contributed by atoms with Gasteiger partial charge in [0.05, 0.1) is 0 Å². The molecule has 1 heterocycles. The number of nitrogens with zero attached hydrogens (tertiary/aromatic N) is 2. The van der Waals surface area contributed by atoms with Crippen LogP contribution in [0.2, 0.25) is 0 Å². The molecule has 0 aliphatic heterocycles. The summed E-state index contributed by atoms with van der Waals surface area (Å²) < 4.78 is 0. The van der Waals surface area contributed by atoms with Crippen molar-refractivity contribution in [2.75, 3.05) is 11.9 Å². The van der Waals surface area contributed by atoms with Crippen molar-refractivity contribution in [1.29, 1.82) is 0 Å². The lowest BCUT2D eigenvalue weighted by atomic mass is 9.92. The first kappa shape index (κ1) is 20.9. The number of allylic oxidation sites excluding steroid dienone is 2. The number of aliphatic imine (C=N–C) groups is 1. The molecular formula is C24H33N3. The van der Waals surface area contributed by atoms with Crippen LogP contribution >= 0.6 is 0 Å². The number of anilines is 1. The quantitative estimate of drug-likeness (QED) is 0.555. The van der Waals surface area contributed by atoms with Crippen molar-refractivity contribution in [2.24, 2.45) is 4.99 Å². The van der Waals surface area contributed by atoms with E-state index in [1.165, 1.54) is 16.8 Å². The molecule has 0 amide bonds. The van der Waals surface area contributed by atoms with E-state index in [9.17, 15) is 0 Å². The standard InChI is InChI=1S/C24H33N3/c1-17(2)22-11-9-12-23(18(3)4)24(22)27-20(6)16-19(5)25-15-13-21-10-7-8-14-26-21/h7-12,14,16-18,27H,13,15H2,1-6H3. The first-order chi connectivity index (χ1) is 12.9. The third-order valence-electron chi connectivity index (χ3n) is 4.58. The molecule has 0 saturated carbocycles. The molecule has 1 aromatic heterocycles. The Balaban J connectivity index is 2.11. The zero-order valence-electron chi connectivity index (χ0n) is 17.6. The van der Waals surface area contributed by atoms with Gasteiger partial charge >= 0.3 is 0 Å². The van der Waals surface area contributed by atoms with Crippen LogP contribution in [-0.4, -0.2) is 17.2 Å². The lowest BCUT2D eigenvalue weighted by Crippen LogP contribution is -2.07. The Morgan fingerprint density at radius 1 is 1.00 bits per heavy atom. The second-order valence-corrected chi connectivity index (χ2v) is 7.67. The van der Waals surface area contributed by atoms with E-state index in [0.29, 0.717) is 11.8 Å². The SMILES string of the molecule is CC(=CC(C)=NCCc1ccccn1)Nc1c(C(C)C)cccc1C(C)C. The molecule has 0 spiro atoms. The van der Waals surface area contributed by atoms with Gasteiger partial charge in [0.1, 0.15) is 0 Å². The second-order valence-electron chi connectivity index (χ2n) is 7.67. The Hall–Kier alpha value is -2.42. The fourth-order valence-corrected chi connectivity index (χ4v) is 3.18. The summed E-state index contributed by atoms with van der Waals surface area (Å²) in [7, 11) is 0. The fourth-order valence-electron chi connectivity index (χ4n) is 3.18. The van der Waals surface area contributed by atoms with Crippen molar-refractivity contribution in [3.05, 3.63) is 71.2 Å². The van der Waals surface area contributed by atoms with Gasteiger partial charge < -0.3 is 5.32 Å². The molecule has 144 valence electrons. The minimum atomic E-state index is 0.479. The smallest absolute Gasteiger partial charge is 0.0452 e. The van der Waals surface area contributed by atoms with Crippen LogP contribution in [0.3, 0.4) is 0 Å². The number of para-hydroxylation sites is 1. The van der Waals surface area contributed by atoms with E-state index in [1.54, 1.807) is 0 Å². The number of rotatable bonds is 8. The summed E-state index contributed by atoms with van der Waals surface area (Å²) >= 11 is 0. The molecule has 3 heteroatoms. The Kier molecular flexibility index (Phi) is 7.78. The van der Waals surface area contributed by atoms with Gasteiger partial charge in [-0.15, -0.1) is 0 Å². The van der Waals surface area contributed by atoms with Gasteiger partial charge in [-0.1, -0.05) is 52.0 Å². The highest BCUT2D eigenvalue weighted by atomic mass is 14.9. The van der Waals surface area contributed by atoms with Crippen LogP contribution in [0.4, 0.5) is 5.69 Å². The van der Waals surface area contributed by atoms with E-state index < -0.39 is 0 Å². The molecule has 0 radical (unpaired) electrons. The third kappa shape index (κ3) is 6.35. The summed E-state index contributed by atoms with van der Waals surface area (Å²) in [4.78, 5) is 9.02. The monoisotopic (exact) mass is 363 g/mol. The van der Waals surface area contributed by atoms with E-state index in [-0.39, 0.29) is 0 Å². The number of nitrogens with one attached hydrogen (secondary N) is 1. The first-order valence-corrected chi connectivity index (χ1v) is 9.87. The number of hydrogen-bond donors (Lipinski definition) is 1. The van der Waals surface area contributed by atoms with Crippen molar-refractivity contribution in [3.63, 3.8) is 0 Å². The number of benzene rings is 1. The summed E-state index contributed by atoms with van der Waals surface area (Å²) in [6.45, 7) is 13.9. The average molecular weight is 364 g/mol. The normalized spacial score (nSPS) is 12.7. The highest BCUT2D eigenvalue weighted by Gasteiger charge is 2.13. The lowest BCUT2D eigenvalue weighted by Gasteiger charge is -2.21. The topological polar surface area (TPSA) is 37.3 Å². The molecule has 0 fully saturated rings. The van der Waals surface area contributed by atoms with Crippen LogP contribution in [0, 0.1) is 0 Å². The number of aromatic nitrogens is 1. The average Bonchev–Trinajstić information content (AvgIpc) is 2.62. The van der Waals surface area contributed by atoms with Gasteiger partial charge in [-0.05, 0) is 55.0 Å². The predicted octanol–water partition coefficient (Wildman–Crippen LogP) is 6.35. The molecule has 0 aliphatic rings. The van der Waals surface area contributed by atoms with Crippen LogP contribution in [0.5, 0.6) is 0 Å². The maximum absolute atomic E-state index is 4.68. The number of pyridine rings is 1. The lowest BCUT2D eigenvalue weighted by molar-refractivity contribution is 0.837. The van der Waals surface area contributed by atoms with Gasteiger partial charge in [0.25, 0.3) is 0 Å². The minimum Gasteiger partial charge on any atom is -0.359 e. The highest BCUT2D eigenvalue weighted by Crippen LogP contribution is 2.33. The van der Waals surface area contributed by atoms with Crippen molar-refractivity contribution in [2.45, 2.75) is 59.8 Å². The van der Waals surface area contributed by atoms with E-state index in [4.69, 9.17) is 0 Å². The Bertz CT molecular complexity index is 760. The number of hydrogen-bond acceptors (Lipinski definition) is 3. The molecular weight excluding hydrogens is 330 g/mol. The van der Waals surface area contributed by atoms with Crippen LogP contribution < -0.4 is 5.32 Å². The first-order valence-electron chi connectivity index (χ1n) is 9.87. The molecule has 1 aromatic carbocycles. The molecule has 2 aromatic rings. The zero-order chi connectivity index (χ0) is 19.8. The van der Waals surface area contributed by atoms with Crippen LogP contribution in [0.25, 0.3) is 0 Å². The van der Waals surface area contributed by atoms with Gasteiger partial charge in [-0.3, -0.25) is 9.98 Å². The summed E-state index contributed by atoms with van der Waals surface area (Å²) in [5, 5.41) is 3.65. The van der Waals surface area contributed by atoms with Crippen LogP contribution in [0.15, 0.2) is 59.4 Å². The van der Waals surface area contributed by atoms with Gasteiger partial charge in [-0.2, -0.15) is 0 Å². The Morgan fingerprint density at radius 3 is 2.22 bits per heavy atom. The molecule has 0 saturated heterocycles.